The molecule has 1 fully saturated rings. The molecular formula is C2H7ClN3OP3. The normalized spacial score (nSPS) is 32.7. The Kier molecular flexibility index (Phi) is 4.36. The Balaban J connectivity index is 2.32. The molecule has 1 saturated heterocycles. The summed E-state index contributed by atoms with van der Waals surface area (Å²) in [5.74, 6) is 0. The first-order chi connectivity index (χ1) is 4.84. The van der Waals surface area contributed by atoms with Crippen molar-refractivity contribution in [3.63, 3.8) is 0 Å². The van der Waals surface area contributed by atoms with Crippen molar-refractivity contribution in [2.75, 3.05) is 0 Å². The van der Waals surface area contributed by atoms with Crippen LogP contribution in [0.3, 0.4) is 0 Å². The van der Waals surface area contributed by atoms with Crippen molar-refractivity contribution in [2.45, 2.75) is 0 Å². The van der Waals surface area contributed by atoms with E-state index in [9.17, 15) is 0 Å². The number of nitrogens with zero attached hydrogens (tertiary/aromatic N) is 1. The molecule has 0 aromatic rings. The Morgan fingerprint density at radius 3 is 3.20 bits per heavy atom. The van der Waals surface area contributed by atoms with Gasteiger partial charge in [-0.3, -0.25) is 4.86 Å². The van der Waals surface area contributed by atoms with Crippen molar-refractivity contribution in [3.05, 3.63) is 12.8 Å². The van der Waals surface area contributed by atoms with Gasteiger partial charge in [0.15, 0.2) is 7.58 Å². The predicted octanol–water partition coefficient (Wildman–Crippen LogP) is 2.04. The predicted molar refractivity (Wildman–Crippen MR) is 48.8 cm³/mol. The second kappa shape index (κ2) is 4.79. The highest BCUT2D eigenvalue weighted by molar-refractivity contribution is 7.89. The van der Waals surface area contributed by atoms with Crippen LogP contribution >= 0.6 is 36.6 Å². The maximum Gasteiger partial charge on any atom is 0.183 e. The van der Waals surface area contributed by atoms with Crippen LogP contribution in [-0.4, -0.2) is 4.60 Å². The van der Waals surface area contributed by atoms with Crippen LogP contribution in [-0.2, 0) is 4.84 Å². The highest BCUT2D eigenvalue weighted by atomic mass is 35.7. The second-order valence-corrected chi connectivity index (χ2v) is 6.27. The summed E-state index contributed by atoms with van der Waals surface area (Å²) in [5, 5.41) is 0. The van der Waals surface area contributed by atoms with Gasteiger partial charge in [-0.1, -0.05) is 22.4 Å². The third kappa shape index (κ3) is 2.56. The molecule has 8 heteroatoms. The standard InChI is InChI=1S/C2H7ClN3OP3/c1-2-7-6-9-4-8-5-10(6)3/h2,4-5,8-9H,1H2. The van der Waals surface area contributed by atoms with Crippen molar-refractivity contribution in [1.29, 1.82) is 0 Å². The zero-order valence-corrected chi connectivity index (χ0v) is 8.62. The molecule has 1 rings (SSSR count). The largest absolute Gasteiger partial charge is 0.404 e. The molecular weight excluding hydrogens is 210 g/mol. The van der Waals surface area contributed by atoms with Gasteiger partial charge in [0, 0.05) is 8.88 Å². The first kappa shape index (κ1) is 9.09. The maximum absolute atomic E-state index is 5.84. The zero-order valence-electron chi connectivity index (χ0n) is 4.97. The van der Waals surface area contributed by atoms with Gasteiger partial charge in [-0.25, -0.2) is 4.86 Å². The Hall–Kier alpha value is 1.00. The average molecular weight is 217 g/mol. The molecule has 3 unspecified atom stereocenters. The van der Waals surface area contributed by atoms with Crippen LogP contribution in [0.1, 0.15) is 0 Å². The number of hydrogen-bond acceptors (Lipinski definition) is 4. The van der Waals surface area contributed by atoms with Crippen molar-refractivity contribution in [3.8, 4) is 0 Å². The summed E-state index contributed by atoms with van der Waals surface area (Å²) in [7, 11) is 0.106. The molecule has 58 valence electrons. The van der Waals surface area contributed by atoms with Crippen LogP contribution in [0.25, 0.3) is 0 Å². The Bertz CT molecular complexity index is 126. The SMILES string of the molecule is C=CON1PNPNP1Cl. The minimum absolute atomic E-state index is 0.417. The molecule has 0 spiro atoms. The molecule has 0 amide bonds. The lowest BCUT2D eigenvalue weighted by atomic mass is 11.2. The molecule has 4 nitrogen and oxygen atoms in total. The number of hydrogen-bond donors (Lipinski definition) is 2. The third-order valence-electron chi connectivity index (χ3n) is 0.696. The van der Waals surface area contributed by atoms with Gasteiger partial charge in [-0.05, 0) is 0 Å². The number of rotatable bonds is 2. The van der Waals surface area contributed by atoms with E-state index in [1.807, 2.05) is 0 Å². The zero-order chi connectivity index (χ0) is 7.40. The molecule has 0 saturated carbocycles. The molecule has 1 heterocycles. The number of nitrogens with one attached hydrogen (secondary N) is 2. The summed E-state index contributed by atoms with van der Waals surface area (Å²) >= 11 is 5.84. The first-order valence-corrected chi connectivity index (χ1v) is 6.54. The first-order valence-electron chi connectivity index (χ1n) is 2.39. The summed E-state index contributed by atoms with van der Waals surface area (Å²) < 4.78 is 1.64. The van der Waals surface area contributed by atoms with E-state index in [0.29, 0.717) is 17.8 Å². The quantitative estimate of drug-likeness (QED) is 0.548. The molecule has 0 radical (unpaired) electrons. The lowest BCUT2D eigenvalue weighted by molar-refractivity contribution is 0.0833. The summed E-state index contributed by atoms with van der Waals surface area (Å²) in [6.45, 7) is 3.43. The van der Waals surface area contributed by atoms with Crippen molar-refractivity contribution < 1.29 is 4.84 Å². The smallest absolute Gasteiger partial charge is 0.183 e. The fraction of sp³-hybridized carbons (Fsp3) is 0. The molecule has 2 N–H and O–H groups in total. The molecule has 1 aliphatic heterocycles. The van der Waals surface area contributed by atoms with Gasteiger partial charge in [-0.2, -0.15) is 0 Å². The molecule has 0 aromatic carbocycles. The highest BCUT2D eigenvalue weighted by Gasteiger charge is 2.20. The minimum Gasteiger partial charge on any atom is -0.404 e. The van der Waals surface area contributed by atoms with E-state index in [1.165, 1.54) is 6.26 Å². The fourth-order valence-electron chi connectivity index (χ4n) is 0.378. The maximum atomic E-state index is 5.84. The van der Waals surface area contributed by atoms with Gasteiger partial charge < -0.3 is 4.84 Å². The van der Waals surface area contributed by atoms with Crippen LogP contribution in [0.2, 0.25) is 0 Å². The van der Waals surface area contributed by atoms with Gasteiger partial charge in [0.25, 0.3) is 0 Å². The van der Waals surface area contributed by atoms with E-state index in [-0.39, 0.29) is 0 Å². The van der Waals surface area contributed by atoms with Crippen molar-refractivity contribution >= 4 is 36.6 Å². The topological polar surface area (TPSA) is 36.5 Å². The van der Waals surface area contributed by atoms with Gasteiger partial charge in [0.1, 0.15) is 6.26 Å². The van der Waals surface area contributed by atoms with E-state index >= 15 is 0 Å². The van der Waals surface area contributed by atoms with Crippen LogP contribution in [0.5, 0.6) is 0 Å². The lowest BCUT2D eigenvalue weighted by Gasteiger charge is -2.28. The van der Waals surface area contributed by atoms with E-state index < -0.39 is 7.58 Å². The van der Waals surface area contributed by atoms with Gasteiger partial charge >= 0.3 is 0 Å². The summed E-state index contributed by atoms with van der Waals surface area (Å²) in [6, 6.07) is 0. The minimum atomic E-state index is -0.837. The summed E-state index contributed by atoms with van der Waals surface area (Å²) in [6.07, 6.45) is 1.36. The molecule has 10 heavy (non-hydrogen) atoms. The number of halogens is 1. The van der Waals surface area contributed by atoms with Gasteiger partial charge in [-0.15, -0.1) is 0 Å². The molecule has 3 atom stereocenters. The van der Waals surface area contributed by atoms with E-state index in [2.05, 4.69) is 16.3 Å². The van der Waals surface area contributed by atoms with E-state index in [0.717, 1.165) is 0 Å². The highest BCUT2D eigenvalue weighted by Crippen LogP contribution is 2.53. The Morgan fingerprint density at radius 1 is 1.80 bits per heavy atom. The van der Waals surface area contributed by atoms with Crippen LogP contribution < -0.4 is 9.72 Å². The van der Waals surface area contributed by atoms with Gasteiger partial charge in [0.05, 0.1) is 8.88 Å². The summed E-state index contributed by atoms with van der Waals surface area (Å²) in [5.41, 5.74) is 0. The van der Waals surface area contributed by atoms with Crippen LogP contribution in [0, 0.1) is 0 Å². The van der Waals surface area contributed by atoms with E-state index in [4.69, 9.17) is 16.1 Å². The van der Waals surface area contributed by atoms with Crippen LogP contribution in [0.15, 0.2) is 12.8 Å². The fourth-order valence-corrected chi connectivity index (χ4v) is 4.80. The average Bonchev–Trinajstić information content (AvgIpc) is 1.94. The lowest BCUT2D eigenvalue weighted by Crippen LogP contribution is -2.17. The molecule has 0 aliphatic carbocycles. The molecule has 0 bridgehead atoms. The third-order valence-corrected chi connectivity index (χ3v) is 5.99. The summed E-state index contributed by atoms with van der Waals surface area (Å²) in [4.78, 5) is 11.1. The second-order valence-electron chi connectivity index (χ2n) is 1.28. The van der Waals surface area contributed by atoms with Crippen LogP contribution in [0.4, 0.5) is 0 Å². The van der Waals surface area contributed by atoms with E-state index in [1.54, 1.807) is 4.60 Å². The Labute approximate surface area is 69.1 Å². The van der Waals surface area contributed by atoms with Gasteiger partial charge in [0.2, 0.25) is 0 Å². The van der Waals surface area contributed by atoms with Crippen molar-refractivity contribution in [1.82, 2.24) is 14.3 Å². The molecule has 0 aromatic heterocycles. The van der Waals surface area contributed by atoms with Crippen molar-refractivity contribution in [2.24, 2.45) is 0 Å². The Morgan fingerprint density at radius 2 is 2.60 bits per heavy atom. The monoisotopic (exact) mass is 217 g/mol. The molecule has 1 aliphatic rings.